The first-order valence-electron chi connectivity index (χ1n) is 4.14. The predicted molar refractivity (Wildman–Crippen MR) is 49.1 cm³/mol. The third-order valence-corrected chi connectivity index (χ3v) is 1.62. The van der Waals surface area contributed by atoms with E-state index in [1.54, 1.807) is 6.20 Å². The number of nitrogens with one attached hydrogen (secondary N) is 2. The number of amides is 2. The van der Waals surface area contributed by atoms with Crippen molar-refractivity contribution in [3.8, 4) is 0 Å². The van der Waals surface area contributed by atoms with Crippen molar-refractivity contribution in [2.45, 2.75) is 19.4 Å². The van der Waals surface area contributed by atoms with Gasteiger partial charge in [-0.1, -0.05) is 0 Å². The van der Waals surface area contributed by atoms with E-state index in [2.05, 4.69) is 15.3 Å². The molecule has 0 aliphatic carbocycles. The van der Waals surface area contributed by atoms with E-state index in [0.717, 1.165) is 0 Å². The van der Waals surface area contributed by atoms with Crippen LogP contribution in [0.15, 0.2) is 12.5 Å². The molecule has 4 N–H and O–H groups in total. The average Bonchev–Trinajstić information content (AvgIpc) is 2.55. The highest BCUT2D eigenvalue weighted by atomic mass is 16.2. The average molecular weight is 196 g/mol. The number of rotatable bonds is 3. The summed E-state index contributed by atoms with van der Waals surface area (Å²) in [5, 5.41) is 2.11. The maximum absolute atomic E-state index is 11.2. The number of carbonyl (C=O) groups is 2. The fourth-order valence-electron chi connectivity index (χ4n) is 0.987. The molecule has 14 heavy (non-hydrogen) atoms. The number of nitrogens with two attached hydrogens (primary N) is 1. The minimum atomic E-state index is -0.748. The van der Waals surface area contributed by atoms with Crippen LogP contribution in [0.5, 0.6) is 0 Å². The fourth-order valence-corrected chi connectivity index (χ4v) is 0.987. The van der Waals surface area contributed by atoms with Crippen molar-refractivity contribution in [1.29, 1.82) is 0 Å². The molecular formula is C8H12N4O2. The van der Waals surface area contributed by atoms with Crippen molar-refractivity contribution >= 4 is 11.8 Å². The number of imide groups is 1. The summed E-state index contributed by atoms with van der Waals surface area (Å²) in [5.41, 5.74) is 6.23. The van der Waals surface area contributed by atoms with Crippen LogP contribution in [0.3, 0.4) is 0 Å². The van der Waals surface area contributed by atoms with Gasteiger partial charge < -0.3 is 10.7 Å². The summed E-state index contributed by atoms with van der Waals surface area (Å²) < 4.78 is 0. The van der Waals surface area contributed by atoms with Gasteiger partial charge in [-0.05, 0) is 0 Å². The molecule has 0 bridgehead atoms. The molecule has 0 aromatic carbocycles. The number of carbonyl (C=O) groups excluding carboxylic acids is 2. The van der Waals surface area contributed by atoms with Crippen LogP contribution < -0.4 is 11.1 Å². The molecule has 0 aliphatic heterocycles. The zero-order valence-electron chi connectivity index (χ0n) is 7.78. The summed E-state index contributed by atoms with van der Waals surface area (Å²) >= 11 is 0. The van der Waals surface area contributed by atoms with E-state index < -0.39 is 17.9 Å². The molecular weight excluding hydrogens is 184 g/mol. The van der Waals surface area contributed by atoms with Gasteiger partial charge in [0.1, 0.15) is 0 Å². The van der Waals surface area contributed by atoms with E-state index in [9.17, 15) is 9.59 Å². The molecule has 0 aliphatic rings. The highest BCUT2D eigenvalue weighted by molar-refractivity contribution is 5.96. The van der Waals surface area contributed by atoms with E-state index >= 15 is 0 Å². The lowest BCUT2D eigenvalue weighted by atomic mass is 10.1. The maximum atomic E-state index is 11.2. The van der Waals surface area contributed by atoms with Gasteiger partial charge in [-0.3, -0.25) is 14.9 Å². The second kappa shape index (κ2) is 4.52. The van der Waals surface area contributed by atoms with Crippen LogP contribution in [0.1, 0.15) is 12.6 Å². The summed E-state index contributed by atoms with van der Waals surface area (Å²) in [7, 11) is 0. The number of aromatic nitrogens is 2. The van der Waals surface area contributed by atoms with Gasteiger partial charge in [-0.15, -0.1) is 0 Å². The Hall–Kier alpha value is -1.69. The maximum Gasteiger partial charge on any atom is 0.243 e. The highest BCUT2D eigenvalue weighted by Crippen LogP contribution is 1.95. The summed E-state index contributed by atoms with van der Waals surface area (Å²) in [4.78, 5) is 28.4. The van der Waals surface area contributed by atoms with Crippen LogP contribution >= 0.6 is 0 Å². The first-order valence-corrected chi connectivity index (χ1v) is 4.14. The van der Waals surface area contributed by atoms with Gasteiger partial charge in [0.2, 0.25) is 11.8 Å². The highest BCUT2D eigenvalue weighted by Gasteiger charge is 2.15. The Kier molecular flexibility index (Phi) is 3.35. The number of imidazole rings is 1. The molecule has 1 heterocycles. The van der Waals surface area contributed by atoms with E-state index in [0.29, 0.717) is 12.1 Å². The molecule has 76 valence electrons. The molecule has 1 aromatic rings. The molecule has 1 atom stereocenters. The normalized spacial score (nSPS) is 12.1. The third kappa shape index (κ3) is 2.98. The fraction of sp³-hybridized carbons (Fsp3) is 0.375. The SMILES string of the molecule is CC(=O)NC(=O)[C@@H](N)Cc1c[nH]cn1. The molecule has 0 spiro atoms. The van der Waals surface area contributed by atoms with Crippen LogP contribution in [0, 0.1) is 0 Å². The van der Waals surface area contributed by atoms with Gasteiger partial charge in [0.25, 0.3) is 0 Å². The van der Waals surface area contributed by atoms with Gasteiger partial charge >= 0.3 is 0 Å². The first kappa shape index (κ1) is 10.4. The van der Waals surface area contributed by atoms with Gasteiger partial charge in [-0.25, -0.2) is 4.98 Å². The number of H-pyrrole nitrogens is 1. The Bertz CT molecular complexity index is 320. The Morgan fingerprint density at radius 1 is 1.71 bits per heavy atom. The number of aromatic amines is 1. The molecule has 0 unspecified atom stereocenters. The monoisotopic (exact) mass is 196 g/mol. The van der Waals surface area contributed by atoms with E-state index in [4.69, 9.17) is 5.73 Å². The Balaban J connectivity index is 2.46. The third-order valence-electron chi connectivity index (χ3n) is 1.62. The van der Waals surface area contributed by atoms with Crippen LogP contribution in [0.4, 0.5) is 0 Å². The van der Waals surface area contributed by atoms with Crippen LogP contribution in [0.25, 0.3) is 0 Å². The van der Waals surface area contributed by atoms with E-state index in [1.807, 2.05) is 0 Å². The van der Waals surface area contributed by atoms with E-state index in [-0.39, 0.29) is 0 Å². The van der Waals surface area contributed by atoms with Crippen molar-refractivity contribution in [3.05, 3.63) is 18.2 Å². The second-order valence-corrected chi connectivity index (χ2v) is 2.92. The van der Waals surface area contributed by atoms with Crippen molar-refractivity contribution in [2.75, 3.05) is 0 Å². The van der Waals surface area contributed by atoms with Gasteiger partial charge in [0, 0.05) is 19.5 Å². The molecule has 1 rings (SSSR count). The molecule has 0 fully saturated rings. The molecule has 0 radical (unpaired) electrons. The summed E-state index contributed by atoms with van der Waals surface area (Å²) in [6.45, 7) is 1.26. The van der Waals surface area contributed by atoms with Gasteiger partial charge in [-0.2, -0.15) is 0 Å². The Morgan fingerprint density at radius 2 is 2.43 bits per heavy atom. The minimum absolute atomic E-state index is 0.308. The molecule has 2 amide bonds. The second-order valence-electron chi connectivity index (χ2n) is 2.92. The lowest BCUT2D eigenvalue weighted by Gasteiger charge is -2.08. The van der Waals surface area contributed by atoms with Crippen LogP contribution in [0.2, 0.25) is 0 Å². The molecule has 1 aromatic heterocycles. The van der Waals surface area contributed by atoms with Crippen molar-refractivity contribution in [2.24, 2.45) is 5.73 Å². The lowest BCUT2D eigenvalue weighted by Crippen LogP contribution is -2.43. The molecule has 0 saturated carbocycles. The molecule has 6 heteroatoms. The smallest absolute Gasteiger partial charge is 0.243 e. The van der Waals surface area contributed by atoms with Crippen LogP contribution in [-0.4, -0.2) is 27.8 Å². The van der Waals surface area contributed by atoms with Gasteiger partial charge in [0.15, 0.2) is 0 Å². The Labute approximate surface area is 80.9 Å². The van der Waals surface area contributed by atoms with Gasteiger partial charge in [0.05, 0.1) is 18.1 Å². The number of nitrogens with zero attached hydrogens (tertiary/aromatic N) is 1. The predicted octanol–water partition coefficient (Wildman–Crippen LogP) is -1.06. The lowest BCUT2D eigenvalue weighted by molar-refractivity contribution is -0.130. The van der Waals surface area contributed by atoms with Crippen LogP contribution in [-0.2, 0) is 16.0 Å². The topological polar surface area (TPSA) is 101 Å². The van der Waals surface area contributed by atoms with Crippen molar-refractivity contribution in [3.63, 3.8) is 0 Å². The number of hydrogen-bond donors (Lipinski definition) is 3. The van der Waals surface area contributed by atoms with E-state index in [1.165, 1.54) is 13.3 Å². The zero-order valence-corrected chi connectivity index (χ0v) is 7.78. The minimum Gasteiger partial charge on any atom is -0.351 e. The first-order chi connectivity index (χ1) is 6.59. The largest absolute Gasteiger partial charge is 0.351 e. The van der Waals surface area contributed by atoms with Crippen molar-refractivity contribution < 1.29 is 9.59 Å². The summed E-state index contributed by atoms with van der Waals surface area (Å²) in [5.74, 6) is -0.895. The molecule has 6 nitrogen and oxygen atoms in total. The number of hydrogen-bond acceptors (Lipinski definition) is 4. The standard InChI is InChI=1S/C8H12N4O2/c1-5(13)12-8(14)7(9)2-6-3-10-4-11-6/h3-4,7H,2,9H2,1H3,(H,10,11)(H,12,13,14)/t7-/m0/s1. The summed E-state index contributed by atoms with van der Waals surface area (Å²) in [6.07, 6.45) is 3.47. The van der Waals surface area contributed by atoms with Crippen molar-refractivity contribution in [1.82, 2.24) is 15.3 Å². The molecule has 0 saturated heterocycles. The Morgan fingerprint density at radius 3 is 2.93 bits per heavy atom. The zero-order chi connectivity index (χ0) is 10.6. The summed E-state index contributed by atoms with van der Waals surface area (Å²) in [6, 6.07) is -0.748. The quantitative estimate of drug-likeness (QED) is 0.573.